The van der Waals surface area contributed by atoms with Crippen molar-refractivity contribution in [2.75, 3.05) is 37.7 Å². The minimum atomic E-state index is -0.268. The van der Waals surface area contributed by atoms with Crippen molar-refractivity contribution in [3.8, 4) is 0 Å². The number of nitrogens with zero attached hydrogens (tertiary/aromatic N) is 3. The summed E-state index contributed by atoms with van der Waals surface area (Å²) in [5, 5.41) is 2.86. The first-order valence-corrected chi connectivity index (χ1v) is 7.93. The summed E-state index contributed by atoms with van der Waals surface area (Å²) < 4.78 is 5.01. The Labute approximate surface area is 136 Å². The fourth-order valence-corrected chi connectivity index (χ4v) is 2.43. The molecule has 1 N–H and O–H groups in total. The van der Waals surface area contributed by atoms with Gasteiger partial charge in [-0.25, -0.2) is 4.79 Å². The fourth-order valence-electron chi connectivity index (χ4n) is 2.43. The van der Waals surface area contributed by atoms with Crippen molar-refractivity contribution in [1.82, 2.24) is 15.2 Å². The molecular weight excluding hydrogens is 296 g/mol. The molecule has 0 aromatic carbocycles. The van der Waals surface area contributed by atoms with Gasteiger partial charge in [-0.15, -0.1) is 0 Å². The molecule has 1 fully saturated rings. The molecule has 7 heteroatoms. The molecule has 0 saturated carbocycles. The van der Waals surface area contributed by atoms with Crippen LogP contribution in [-0.4, -0.2) is 60.7 Å². The van der Waals surface area contributed by atoms with E-state index in [0.29, 0.717) is 38.3 Å². The standard InChI is InChI=1S/C16H24N4O3/c1-4-23-16(22)20-7-5-19(6-8-20)14-9-13(10-17-11-14)15(21)18-12(2)3/h9-12H,4-8H2,1-3H3,(H,18,21). The van der Waals surface area contributed by atoms with Crippen molar-refractivity contribution < 1.29 is 14.3 Å². The topological polar surface area (TPSA) is 74.8 Å². The van der Waals surface area contributed by atoms with Crippen LogP contribution < -0.4 is 10.2 Å². The maximum atomic E-state index is 12.1. The number of carbonyl (C=O) groups excluding carboxylic acids is 2. The van der Waals surface area contributed by atoms with Crippen LogP contribution >= 0.6 is 0 Å². The average molecular weight is 320 g/mol. The van der Waals surface area contributed by atoms with Gasteiger partial charge in [-0.3, -0.25) is 9.78 Å². The number of rotatable bonds is 4. The third-order valence-electron chi connectivity index (χ3n) is 3.58. The van der Waals surface area contributed by atoms with Crippen LogP contribution in [0, 0.1) is 0 Å². The van der Waals surface area contributed by atoms with Crippen molar-refractivity contribution in [1.29, 1.82) is 0 Å². The number of pyridine rings is 1. The summed E-state index contributed by atoms with van der Waals surface area (Å²) in [5.74, 6) is -0.125. The van der Waals surface area contributed by atoms with E-state index in [2.05, 4.69) is 15.2 Å². The summed E-state index contributed by atoms with van der Waals surface area (Å²) in [5.41, 5.74) is 1.44. The maximum Gasteiger partial charge on any atom is 0.409 e. The van der Waals surface area contributed by atoms with Crippen molar-refractivity contribution in [3.63, 3.8) is 0 Å². The zero-order chi connectivity index (χ0) is 16.8. The van der Waals surface area contributed by atoms with Gasteiger partial charge in [0.2, 0.25) is 0 Å². The summed E-state index contributed by atoms with van der Waals surface area (Å²) in [6.07, 6.45) is 3.04. The molecule has 126 valence electrons. The number of hydrogen-bond acceptors (Lipinski definition) is 5. The van der Waals surface area contributed by atoms with E-state index >= 15 is 0 Å². The number of hydrogen-bond donors (Lipinski definition) is 1. The van der Waals surface area contributed by atoms with Crippen molar-refractivity contribution in [2.24, 2.45) is 0 Å². The predicted octanol–water partition coefficient (Wildman–Crippen LogP) is 1.50. The highest BCUT2D eigenvalue weighted by atomic mass is 16.6. The SMILES string of the molecule is CCOC(=O)N1CCN(c2cncc(C(=O)NC(C)C)c2)CC1. The van der Waals surface area contributed by atoms with E-state index < -0.39 is 0 Å². The highest BCUT2D eigenvalue weighted by Crippen LogP contribution is 2.17. The summed E-state index contributed by atoms with van der Waals surface area (Å²) in [7, 11) is 0. The van der Waals surface area contributed by atoms with Gasteiger partial charge in [0.05, 0.1) is 24.1 Å². The molecule has 2 amide bonds. The van der Waals surface area contributed by atoms with Crippen LogP contribution in [0.4, 0.5) is 10.5 Å². The molecule has 0 aliphatic carbocycles. The van der Waals surface area contributed by atoms with E-state index in [-0.39, 0.29) is 18.0 Å². The number of ether oxygens (including phenoxy) is 1. The zero-order valence-corrected chi connectivity index (χ0v) is 13.9. The molecule has 0 bridgehead atoms. The molecule has 1 saturated heterocycles. The van der Waals surface area contributed by atoms with Gasteiger partial charge in [-0.05, 0) is 26.8 Å². The molecule has 1 aliphatic rings. The van der Waals surface area contributed by atoms with Gasteiger partial charge in [0.25, 0.3) is 5.91 Å². The smallest absolute Gasteiger partial charge is 0.409 e. The van der Waals surface area contributed by atoms with Crippen LogP contribution in [0.3, 0.4) is 0 Å². The van der Waals surface area contributed by atoms with E-state index in [0.717, 1.165) is 5.69 Å². The fraction of sp³-hybridized carbons (Fsp3) is 0.562. The number of amides is 2. The molecule has 0 unspecified atom stereocenters. The molecule has 0 spiro atoms. The predicted molar refractivity (Wildman–Crippen MR) is 87.6 cm³/mol. The average Bonchev–Trinajstić information content (AvgIpc) is 2.55. The minimum absolute atomic E-state index is 0.0827. The second-order valence-electron chi connectivity index (χ2n) is 5.73. The lowest BCUT2D eigenvalue weighted by Gasteiger charge is -2.35. The van der Waals surface area contributed by atoms with Crippen LogP contribution in [0.5, 0.6) is 0 Å². The second-order valence-corrected chi connectivity index (χ2v) is 5.73. The summed E-state index contributed by atoms with van der Waals surface area (Å²) in [6.45, 7) is 8.60. The normalized spacial score (nSPS) is 14.8. The molecule has 0 atom stereocenters. The first-order chi connectivity index (χ1) is 11.0. The van der Waals surface area contributed by atoms with Gasteiger partial charge in [0, 0.05) is 38.4 Å². The molecule has 0 radical (unpaired) electrons. The van der Waals surface area contributed by atoms with Crippen molar-refractivity contribution in [2.45, 2.75) is 26.8 Å². The van der Waals surface area contributed by atoms with Crippen LogP contribution in [0.2, 0.25) is 0 Å². The molecule has 1 aromatic heterocycles. The number of anilines is 1. The lowest BCUT2D eigenvalue weighted by atomic mass is 10.2. The lowest BCUT2D eigenvalue weighted by Crippen LogP contribution is -2.49. The Balaban J connectivity index is 1.98. The van der Waals surface area contributed by atoms with Gasteiger partial charge in [-0.2, -0.15) is 0 Å². The highest BCUT2D eigenvalue weighted by Gasteiger charge is 2.22. The Kier molecular flexibility index (Phi) is 5.78. The van der Waals surface area contributed by atoms with Gasteiger partial charge in [-0.1, -0.05) is 0 Å². The molecule has 2 heterocycles. The number of aromatic nitrogens is 1. The van der Waals surface area contributed by atoms with E-state index in [1.807, 2.05) is 19.9 Å². The first kappa shape index (κ1) is 17.1. The quantitative estimate of drug-likeness (QED) is 0.910. The van der Waals surface area contributed by atoms with Crippen LogP contribution in [0.25, 0.3) is 0 Å². The zero-order valence-electron chi connectivity index (χ0n) is 13.9. The Bertz CT molecular complexity index is 554. The van der Waals surface area contributed by atoms with Crippen LogP contribution in [0.1, 0.15) is 31.1 Å². The number of piperazine rings is 1. The first-order valence-electron chi connectivity index (χ1n) is 7.93. The van der Waals surface area contributed by atoms with Crippen molar-refractivity contribution in [3.05, 3.63) is 24.0 Å². The molecule has 23 heavy (non-hydrogen) atoms. The molecule has 2 rings (SSSR count). The Morgan fingerprint density at radius 2 is 1.96 bits per heavy atom. The van der Waals surface area contributed by atoms with Gasteiger partial charge < -0.3 is 19.9 Å². The molecule has 7 nitrogen and oxygen atoms in total. The summed E-state index contributed by atoms with van der Waals surface area (Å²) in [6, 6.07) is 1.92. The van der Waals surface area contributed by atoms with Gasteiger partial charge in [0.15, 0.2) is 0 Å². The Hall–Kier alpha value is -2.31. The Morgan fingerprint density at radius 1 is 1.26 bits per heavy atom. The van der Waals surface area contributed by atoms with E-state index in [9.17, 15) is 9.59 Å². The lowest BCUT2D eigenvalue weighted by molar-refractivity contribution is 0.0942. The molecule has 1 aliphatic heterocycles. The van der Waals surface area contributed by atoms with E-state index in [1.54, 1.807) is 24.2 Å². The van der Waals surface area contributed by atoms with Crippen LogP contribution in [0.15, 0.2) is 18.5 Å². The second kappa shape index (κ2) is 7.80. The molecular formula is C16H24N4O3. The number of nitrogens with one attached hydrogen (secondary N) is 1. The highest BCUT2D eigenvalue weighted by molar-refractivity contribution is 5.94. The Morgan fingerprint density at radius 3 is 2.57 bits per heavy atom. The van der Waals surface area contributed by atoms with E-state index in [1.165, 1.54) is 0 Å². The van der Waals surface area contributed by atoms with E-state index in [4.69, 9.17) is 4.74 Å². The van der Waals surface area contributed by atoms with Gasteiger partial charge in [0.1, 0.15) is 0 Å². The largest absolute Gasteiger partial charge is 0.450 e. The van der Waals surface area contributed by atoms with Crippen molar-refractivity contribution >= 4 is 17.7 Å². The monoisotopic (exact) mass is 320 g/mol. The maximum absolute atomic E-state index is 12.1. The third kappa shape index (κ3) is 4.58. The summed E-state index contributed by atoms with van der Waals surface area (Å²) >= 11 is 0. The third-order valence-corrected chi connectivity index (χ3v) is 3.58. The number of carbonyl (C=O) groups is 2. The minimum Gasteiger partial charge on any atom is -0.450 e. The van der Waals surface area contributed by atoms with Crippen LogP contribution in [-0.2, 0) is 4.74 Å². The van der Waals surface area contributed by atoms with Gasteiger partial charge >= 0.3 is 6.09 Å². The summed E-state index contributed by atoms with van der Waals surface area (Å²) in [4.78, 5) is 31.8. The molecule has 1 aromatic rings.